The molecular weight excluding hydrogens is 309 g/mol. The highest BCUT2D eigenvalue weighted by Crippen LogP contribution is 2.23. The summed E-state index contributed by atoms with van der Waals surface area (Å²) in [4.78, 5) is 15.8. The molecule has 0 unspecified atom stereocenters. The molecule has 108 valence electrons. The summed E-state index contributed by atoms with van der Waals surface area (Å²) in [7, 11) is 0. The minimum Gasteiger partial charge on any atom is -0.267 e. The van der Waals surface area contributed by atoms with Crippen molar-refractivity contribution in [3.8, 4) is 0 Å². The van der Waals surface area contributed by atoms with Crippen LogP contribution in [0.5, 0.6) is 0 Å². The number of benzene rings is 1. The topological polar surface area (TPSA) is 54.4 Å². The quantitative estimate of drug-likeness (QED) is 0.685. The minimum atomic E-state index is -0.311. The van der Waals surface area contributed by atoms with E-state index in [4.69, 9.17) is 23.2 Å². The molecule has 1 amide bonds. The van der Waals surface area contributed by atoms with E-state index in [2.05, 4.69) is 15.5 Å². The van der Waals surface area contributed by atoms with Crippen molar-refractivity contribution in [2.24, 2.45) is 5.10 Å². The lowest BCUT2D eigenvalue weighted by Gasteiger charge is -2.06. The Hall–Kier alpha value is -1.91. The van der Waals surface area contributed by atoms with Crippen LogP contribution in [0.25, 0.3) is 0 Å². The standard InChI is InChI=1S/C15H13Cl2N3O/c1-2-14(10-5-6-12(16)13(17)8-10)19-20-15(21)11-4-3-7-18-9-11/h3-9H,2H2,1H3,(H,20,21). The van der Waals surface area contributed by atoms with E-state index in [9.17, 15) is 4.79 Å². The monoisotopic (exact) mass is 321 g/mol. The van der Waals surface area contributed by atoms with Gasteiger partial charge in [0.2, 0.25) is 0 Å². The molecule has 1 N–H and O–H groups in total. The first-order valence-electron chi connectivity index (χ1n) is 6.34. The molecule has 0 fully saturated rings. The number of halogens is 2. The van der Waals surface area contributed by atoms with Gasteiger partial charge in [0.05, 0.1) is 21.3 Å². The Balaban J connectivity index is 2.17. The second kappa shape index (κ2) is 7.20. The highest BCUT2D eigenvalue weighted by molar-refractivity contribution is 6.42. The highest BCUT2D eigenvalue weighted by atomic mass is 35.5. The summed E-state index contributed by atoms with van der Waals surface area (Å²) < 4.78 is 0. The summed E-state index contributed by atoms with van der Waals surface area (Å²) in [6, 6.07) is 8.60. The molecule has 21 heavy (non-hydrogen) atoms. The number of hydrogen-bond acceptors (Lipinski definition) is 3. The number of rotatable bonds is 4. The minimum absolute atomic E-state index is 0.311. The number of carbonyl (C=O) groups is 1. The molecule has 2 rings (SSSR count). The Kier molecular flexibility index (Phi) is 5.31. The van der Waals surface area contributed by atoms with E-state index in [0.717, 1.165) is 5.56 Å². The van der Waals surface area contributed by atoms with E-state index in [1.165, 1.54) is 6.20 Å². The maximum atomic E-state index is 11.9. The van der Waals surface area contributed by atoms with Gasteiger partial charge in [-0.2, -0.15) is 5.10 Å². The number of aromatic nitrogens is 1. The molecule has 0 spiro atoms. The summed E-state index contributed by atoms with van der Waals surface area (Å²) in [6.45, 7) is 1.94. The summed E-state index contributed by atoms with van der Waals surface area (Å²) >= 11 is 11.9. The lowest BCUT2D eigenvalue weighted by Crippen LogP contribution is -2.20. The molecule has 0 saturated carbocycles. The van der Waals surface area contributed by atoms with E-state index in [0.29, 0.717) is 27.7 Å². The molecule has 6 heteroatoms. The normalized spacial score (nSPS) is 11.3. The molecule has 0 bridgehead atoms. The Morgan fingerprint density at radius 1 is 1.24 bits per heavy atom. The van der Waals surface area contributed by atoms with Crippen molar-refractivity contribution in [3.05, 3.63) is 63.9 Å². The largest absolute Gasteiger partial charge is 0.272 e. The van der Waals surface area contributed by atoms with E-state index < -0.39 is 0 Å². The van der Waals surface area contributed by atoms with Crippen LogP contribution in [-0.2, 0) is 0 Å². The average molecular weight is 322 g/mol. The second-order valence-corrected chi connectivity index (χ2v) is 5.04. The van der Waals surface area contributed by atoms with Gasteiger partial charge in [-0.05, 0) is 36.2 Å². The van der Waals surface area contributed by atoms with Gasteiger partial charge < -0.3 is 0 Å². The van der Waals surface area contributed by atoms with Crippen LogP contribution in [0.2, 0.25) is 10.0 Å². The van der Waals surface area contributed by atoms with Gasteiger partial charge in [0, 0.05) is 12.4 Å². The number of hydrazone groups is 1. The third kappa shape index (κ3) is 4.03. The fraction of sp³-hybridized carbons (Fsp3) is 0.133. The predicted octanol–water partition coefficient (Wildman–Crippen LogP) is 3.93. The molecule has 0 atom stereocenters. The summed E-state index contributed by atoms with van der Waals surface area (Å²) in [5, 5.41) is 5.08. The van der Waals surface area contributed by atoms with Gasteiger partial charge in [0.15, 0.2) is 0 Å². The van der Waals surface area contributed by atoms with Crippen molar-refractivity contribution >= 4 is 34.8 Å². The van der Waals surface area contributed by atoms with Crippen LogP contribution >= 0.6 is 23.2 Å². The van der Waals surface area contributed by atoms with Crippen LogP contribution in [-0.4, -0.2) is 16.6 Å². The molecule has 0 aliphatic carbocycles. The van der Waals surface area contributed by atoms with Crippen LogP contribution in [0.4, 0.5) is 0 Å². The zero-order valence-electron chi connectivity index (χ0n) is 11.3. The Morgan fingerprint density at radius 2 is 2.05 bits per heavy atom. The van der Waals surface area contributed by atoms with Crippen LogP contribution in [0.1, 0.15) is 29.3 Å². The maximum absolute atomic E-state index is 11.9. The SMILES string of the molecule is CCC(=NNC(=O)c1cccnc1)c1ccc(Cl)c(Cl)c1. The first kappa shape index (κ1) is 15.5. The number of carbonyl (C=O) groups excluding carboxylic acids is 1. The molecular formula is C15H13Cl2N3O. The van der Waals surface area contributed by atoms with E-state index >= 15 is 0 Å². The Bertz CT molecular complexity index is 672. The van der Waals surface area contributed by atoms with Gasteiger partial charge in [-0.25, -0.2) is 5.43 Å². The first-order valence-corrected chi connectivity index (χ1v) is 7.09. The molecule has 0 aliphatic heterocycles. The molecule has 2 aromatic rings. The maximum Gasteiger partial charge on any atom is 0.272 e. The lowest BCUT2D eigenvalue weighted by atomic mass is 10.1. The number of hydrogen-bond donors (Lipinski definition) is 1. The fourth-order valence-corrected chi connectivity index (χ4v) is 2.00. The van der Waals surface area contributed by atoms with Crippen LogP contribution in [0, 0.1) is 0 Å². The van der Waals surface area contributed by atoms with Gasteiger partial charge in [-0.1, -0.05) is 36.2 Å². The number of pyridine rings is 1. The first-order chi connectivity index (χ1) is 10.1. The fourth-order valence-electron chi connectivity index (χ4n) is 1.70. The summed E-state index contributed by atoms with van der Waals surface area (Å²) in [5.74, 6) is -0.311. The predicted molar refractivity (Wildman–Crippen MR) is 85.0 cm³/mol. The number of amides is 1. The molecule has 4 nitrogen and oxygen atoms in total. The molecule has 0 saturated heterocycles. The summed E-state index contributed by atoms with van der Waals surface area (Å²) in [5.41, 5.74) is 4.50. The van der Waals surface area contributed by atoms with Crippen molar-refractivity contribution in [3.63, 3.8) is 0 Å². The smallest absolute Gasteiger partial charge is 0.267 e. The third-order valence-corrected chi connectivity index (χ3v) is 3.54. The van der Waals surface area contributed by atoms with Crippen molar-refractivity contribution in [1.82, 2.24) is 10.4 Å². The average Bonchev–Trinajstić information content (AvgIpc) is 2.52. The number of nitrogens with one attached hydrogen (secondary N) is 1. The second-order valence-electron chi connectivity index (χ2n) is 4.22. The number of nitrogens with zero attached hydrogens (tertiary/aromatic N) is 2. The highest BCUT2D eigenvalue weighted by Gasteiger charge is 2.07. The van der Waals surface area contributed by atoms with Crippen LogP contribution in [0.15, 0.2) is 47.8 Å². The molecule has 1 heterocycles. The summed E-state index contributed by atoms with van der Waals surface area (Å²) in [6.07, 6.45) is 3.73. The third-order valence-electron chi connectivity index (χ3n) is 2.80. The van der Waals surface area contributed by atoms with Gasteiger partial charge in [-0.15, -0.1) is 0 Å². The van der Waals surface area contributed by atoms with E-state index in [1.807, 2.05) is 13.0 Å². The van der Waals surface area contributed by atoms with Gasteiger partial charge >= 0.3 is 0 Å². The molecule has 0 radical (unpaired) electrons. The van der Waals surface area contributed by atoms with Gasteiger partial charge in [0.1, 0.15) is 0 Å². The zero-order valence-corrected chi connectivity index (χ0v) is 12.8. The Morgan fingerprint density at radius 3 is 2.67 bits per heavy atom. The zero-order chi connectivity index (χ0) is 15.2. The lowest BCUT2D eigenvalue weighted by molar-refractivity contribution is 0.0954. The van der Waals surface area contributed by atoms with Gasteiger partial charge in [0.25, 0.3) is 5.91 Å². The van der Waals surface area contributed by atoms with E-state index in [-0.39, 0.29) is 5.91 Å². The van der Waals surface area contributed by atoms with Crippen molar-refractivity contribution < 1.29 is 4.79 Å². The van der Waals surface area contributed by atoms with Crippen molar-refractivity contribution in [2.45, 2.75) is 13.3 Å². The van der Waals surface area contributed by atoms with Crippen LogP contribution < -0.4 is 5.43 Å². The van der Waals surface area contributed by atoms with Crippen molar-refractivity contribution in [1.29, 1.82) is 0 Å². The molecule has 0 aliphatic rings. The Labute approximate surface area is 132 Å². The molecule has 1 aromatic carbocycles. The van der Waals surface area contributed by atoms with E-state index in [1.54, 1.807) is 30.5 Å². The van der Waals surface area contributed by atoms with Crippen LogP contribution in [0.3, 0.4) is 0 Å². The molecule has 1 aromatic heterocycles. The van der Waals surface area contributed by atoms with Gasteiger partial charge in [-0.3, -0.25) is 9.78 Å². The van der Waals surface area contributed by atoms with Crippen molar-refractivity contribution in [2.75, 3.05) is 0 Å².